The lowest BCUT2D eigenvalue weighted by Gasteiger charge is -2.19. The lowest BCUT2D eigenvalue weighted by Crippen LogP contribution is -2.11. The van der Waals surface area contributed by atoms with Gasteiger partial charge in [-0.15, -0.1) is 0 Å². The molecule has 4 heteroatoms. The van der Waals surface area contributed by atoms with E-state index in [9.17, 15) is 4.79 Å². The first-order valence-electron chi connectivity index (χ1n) is 6.99. The third-order valence-electron chi connectivity index (χ3n) is 3.90. The van der Waals surface area contributed by atoms with E-state index in [0.29, 0.717) is 12.5 Å². The predicted molar refractivity (Wildman–Crippen MR) is 75.8 cm³/mol. The number of hydrogen-bond acceptors (Lipinski definition) is 3. The maximum atomic E-state index is 11.0. The van der Waals surface area contributed by atoms with E-state index < -0.39 is 5.97 Å². The minimum atomic E-state index is -0.729. The van der Waals surface area contributed by atoms with Crippen LogP contribution in [0.2, 0.25) is 0 Å². The van der Waals surface area contributed by atoms with Crippen LogP contribution in [0.25, 0.3) is 0 Å². The van der Waals surface area contributed by atoms with E-state index in [1.54, 1.807) is 14.2 Å². The SMILES string of the molecule is COCC(OC)c1cccc(C(CC(=O)O)C2CC2)c1. The molecule has 1 saturated carbocycles. The summed E-state index contributed by atoms with van der Waals surface area (Å²) in [7, 11) is 3.30. The molecule has 2 atom stereocenters. The number of carboxylic acid groups (broad SMARTS) is 1. The third kappa shape index (κ3) is 3.81. The van der Waals surface area contributed by atoms with E-state index in [0.717, 1.165) is 24.0 Å². The van der Waals surface area contributed by atoms with Crippen LogP contribution in [0.5, 0.6) is 0 Å². The second-order valence-corrected chi connectivity index (χ2v) is 5.39. The van der Waals surface area contributed by atoms with Gasteiger partial charge in [-0.1, -0.05) is 24.3 Å². The fourth-order valence-corrected chi connectivity index (χ4v) is 2.69. The van der Waals surface area contributed by atoms with E-state index in [1.807, 2.05) is 18.2 Å². The van der Waals surface area contributed by atoms with Gasteiger partial charge in [0.05, 0.1) is 13.0 Å². The minimum absolute atomic E-state index is 0.107. The van der Waals surface area contributed by atoms with Gasteiger partial charge in [0.15, 0.2) is 0 Å². The van der Waals surface area contributed by atoms with Gasteiger partial charge in [-0.05, 0) is 35.8 Å². The van der Waals surface area contributed by atoms with E-state index in [2.05, 4.69) is 6.07 Å². The number of rotatable bonds is 8. The molecule has 1 aliphatic rings. The molecular weight excluding hydrogens is 256 g/mol. The quantitative estimate of drug-likeness (QED) is 0.794. The number of carbonyl (C=O) groups is 1. The third-order valence-corrected chi connectivity index (χ3v) is 3.90. The van der Waals surface area contributed by atoms with Gasteiger partial charge >= 0.3 is 5.97 Å². The van der Waals surface area contributed by atoms with E-state index in [-0.39, 0.29) is 18.4 Å². The summed E-state index contributed by atoms with van der Waals surface area (Å²) in [5.41, 5.74) is 2.15. The number of carboxylic acids is 1. The van der Waals surface area contributed by atoms with Gasteiger partial charge in [0.25, 0.3) is 0 Å². The Morgan fingerprint density at radius 2 is 2.05 bits per heavy atom. The second kappa shape index (κ2) is 6.86. The first-order valence-corrected chi connectivity index (χ1v) is 6.99. The van der Waals surface area contributed by atoms with Crippen LogP contribution < -0.4 is 0 Å². The van der Waals surface area contributed by atoms with Crippen molar-refractivity contribution in [2.75, 3.05) is 20.8 Å². The number of hydrogen-bond donors (Lipinski definition) is 1. The van der Waals surface area contributed by atoms with Crippen molar-refractivity contribution < 1.29 is 19.4 Å². The molecular formula is C16H22O4. The van der Waals surface area contributed by atoms with Crippen molar-refractivity contribution in [3.05, 3.63) is 35.4 Å². The first kappa shape index (κ1) is 15.0. The molecule has 1 aromatic carbocycles. The Balaban J connectivity index is 2.20. The highest BCUT2D eigenvalue weighted by atomic mass is 16.5. The summed E-state index contributed by atoms with van der Waals surface area (Å²) in [6.45, 7) is 0.493. The van der Waals surface area contributed by atoms with Crippen molar-refractivity contribution in [2.45, 2.75) is 31.3 Å². The zero-order valence-corrected chi connectivity index (χ0v) is 12.0. The van der Waals surface area contributed by atoms with Gasteiger partial charge in [0.2, 0.25) is 0 Å². The van der Waals surface area contributed by atoms with Gasteiger partial charge in [-0.3, -0.25) is 4.79 Å². The van der Waals surface area contributed by atoms with Crippen molar-refractivity contribution in [3.63, 3.8) is 0 Å². The van der Waals surface area contributed by atoms with Gasteiger partial charge < -0.3 is 14.6 Å². The molecule has 1 N–H and O–H groups in total. The molecule has 4 nitrogen and oxygen atoms in total. The molecule has 110 valence electrons. The van der Waals surface area contributed by atoms with Crippen LogP contribution >= 0.6 is 0 Å². The maximum Gasteiger partial charge on any atom is 0.303 e. The molecule has 0 heterocycles. The topological polar surface area (TPSA) is 55.8 Å². The van der Waals surface area contributed by atoms with Crippen LogP contribution in [0, 0.1) is 5.92 Å². The normalized spacial score (nSPS) is 17.7. The van der Waals surface area contributed by atoms with Crippen molar-refractivity contribution in [1.82, 2.24) is 0 Å². The monoisotopic (exact) mass is 278 g/mol. The molecule has 1 aromatic rings. The highest BCUT2D eigenvalue weighted by Gasteiger charge is 2.33. The molecule has 0 amide bonds. The average molecular weight is 278 g/mol. The fraction of sp³-hybridized carbons (Fsp3) is 0.562. The van der Waals surface area contributed by atoms with E-state index >= 15 is 0 Å². The molecule has 2 unspecified atom stereocenters. The molecule has 0 saturated heterocycles. The number of ether oxygens (including phenoxy) is 2. The Labute approximate surface area is 119 Å². The van der Waals surface area contributed by atoms with Crippen LogP contribution in [0.3, 0.4) is 0 Å². The standard InChI is InChI=1S/C16H22O4/c1-19-10-15(20-2)13-5-3-4-12(8-13)14(9-16(17)18)11-6-7-11/h3-5,8,11,14-15H,6-7,9-10H2,1-2H3,(H,17,18). The smallest absolute Gasteiger partial charge is 0.303 e. The molecule has 0 bridgehead atoms. The first-order chi connectivity index (χ1) is 9.65. The van der Waals surface area contributed by atoms with Gasteiger partial charge in [0, 0.05) is 14.2 Å². The van der Waals surface area contributed by atoms with Gasteiger partial charge in [0.1, 0.15) is 6.10 Å². The zero-order valence-electron chi connectivity index (χ0n) is 12.0. The molecule has 2 rings (SSSR count). The predicted octanol–water partition coefficient (Wildman–Crippen LogP) is 2.99. The van der Waals surface area contributed by atoms with Crippen molar-refractivity contribution >= 4 is 5.97 Å². The summed E-state index contributed by atoms with van der Waals surface area (Å²) < 4.78 is 10.6. The molecule has 0 aromatic heterocycles. The summed E-state index contributed by atoms with van der Waals surface area (Å²) in [5, 5.41) is 9.09. The van der Waals surface area contributed by atoms with Gasteiger partial charge in [-0.25, -0.2) is 0 Å². The number of aliphatic carboxylic acids is 1. The van der Waals surface area contributed by atoms with Crippen LogP contribution in [-0.4, -0.2) is 31.9 Å². The van der Waals surface area contributed by atoms with Crippen molar-refractivity contribution in [1.29, 1.82) is 0 Å². The van der Waals surface area contributed by atoms with Crippen LogP contribution in [0.15, 0.2) is 24.3 Å². The second-order valence-electron chi connectivity index (χ2n) is 5.39. The van der Waals surface area contributed by atoms with Crippen molar-refractivity contribution in [2.24, 2.45) is 5.92 Å². The summed E-state index contributed by atoms with van der Waals surface area (Å²) >= 11 is 0. The lowest BCUT2D eigenvalue weighted by molar-refractivity contribution is -0.137. The van der Waals surface area contributed by atoms with Crippen LogP contribution in [0.4, 0.5) is 0 Å². The summed E-state index contributed by atoms with van der Waals surface area (Å²) in [6, 6.07) is 8.07. The summed E-state index contributed by atoms with van der Waals surface area (Å²) in [4.78, 5) is 11.0. The maximum absolute atomic E-state index is 11.0. The Kier molecular flexibility index (Phi) is 5.15. The molecule has 0 radical (unpaired) electrons. The van der Waals surface area contributed by atoms with Crippen molar-refractivity contribution in [3.8, 4) is 0 Å². The molecule has 1 fully saturated rings. The molecule has 0 spiro atoms. The van der Waals surface area contributed by atoms with E-state index in [4.69, 9.17) is 14.6 Å². The van der Waals surface area contributed by atoms with Gasteiger partial charge in [-0.2, -0.15) is 0 Å². The summed E-state index contributed by atoms with van der Waals surface area (Å²) in [5.74, 6) is -0.0928. The van der Waals surface area contributed by atoms with Crippen LogP contribution in [-0.2, 0) is 14.3 Å². The largest absolute Gasteiger partial charge is 0.481 e. The minimum Gasteiger partial charge on any atom is -0.481 e. The average Bonchev–Trinajstić information content (AvgIpc) is 3.26. The summed E-state index contributed by atoms with van der Waals surface area (Å²) in [6.07, 6.45) is 2.36. The Morgan fingerprint density at radius 1 is 1.35 bits per heavy atom. The highest BCUT2D eigenvalue weighted by Crippen LogP contribution is 2.44. The number of benzene rings is 1. The molecule has 20 heavy (non-hydrogen) atoms. The highest BCUT2D eigenvalue weighted by molar-refractivity contribution is 5.68. The lowest BCUT2D eigenvalue weighted by atomic mass is 9.89. The van der Waals surface area contributed by atoms with E-state index in [1.165, 1.54) is 0 Å². The number of methoxy groups -OCH3 is 2. The molecule has 0 aliphatic heterocycles. The Bertz CT molecular complexity index is 454. The fourth-order valence-electron chi connectivity index (χ4n) is 2.69. The Morgan fingerprint density at radius 3 is 2.60 bits per heavy atom. The zero-order chi connectivity index (χ0) is 14.5. The van der Waals surface area contributed by atoms with Crippen LogP contribution in [0.1, 0.15) is 42.4 Å². The molecule has 1 aliphatic carbocycles. The Hall–Kier alpha value is -1.39.